The second-order valence-electron chi connectivity index (χ2n) is 4.15. The van der Waals surface area contributed by atoms with Crippen molar-refractivity contribution in [1.82, 2.24) is 5.32 Å². The molecule has 8 heteroatoms. The van der Waals surface area contributed by atoms with Gasteiger partial charge in [0.25, 0.3) is 0 Å². The Kier molecular flexibility index (Phi) is 5.87. The predicted octanol–water partition coefficient (Wildman–Crippen LogP) is 2.96. The Bertz CT molecular complexity index is 502. The lowest BCUT2D eigenvalue weighted by Gasteiger charge is -2.10. The maximum atomic E-state index is 13.4. The lowest BCUT2D eigenvalue weighted by molar-refractivity contribution is -0.141. The summed E-state index contributed by atoms with van der Waals surface area (Å²) in [6, 6.07) is 1.24. The van der Waals surface area contributed by atoms with Crippen LogP contribution in [0.4, 0.5) is 19.3 Å². The molecule has 0 aliphatic heterocycles. The van der Waals surface area contributed by atoms with Crippen LogP contribution in [0.25, 0.3) is 0 Å². The molecule has 110 valence electrons. The minimum atomic E-state index is -0.975. The van der Waals surface area contributed by atoms with Gasteiger partial charge in [0.05, 0.1) is 5.92 Å². The van der Waals surface area contributed by atoms with Crippen LogP contribution in [0.3, 0.4) is 0 Å². The third-order valence-electron chi connectivity index (χ3n) is 2.53. The standard InChI is InChI=1S/C12H13BrF2N2O3/c1-6(11(18)19)2-3-16-12(20)17-10-8(14)4-7(13)5-9(10)15/h4-6H,2-3H2,1H3,(H,18,19)(H2,16,17,20). The van der Waals surface area contributed by atoms with E-state index >= 15 is 0 Å². The van der Waals surface area contributed by atoms with Crippen LogP contribution in [0.2, 0.25) is 0 Å². The van der Waals surface area contributed by atoms with Crippen molar-refractivity contribution in [3.63, 3.8) is 0 Å². The molecule has 0 fully saturated rings. The zero-order valence-electron chi connectivity index (χ0n) is 10.5. The SMILES string of the molecule is CC(CCNC(=O)Nc1c(F)cc(Br)cc1F)C(=O)O. The van der Waals surface area contributed by atoms with Gasteiger partial charge in [0.2, 0.25) is 0 Å². The normalized spacial score (nSPS) is 11.8. The lowest BCUT2D eigenvalue weighted by Crippen LogP contribution is -2.31. The fourth-order valence-electron chi connectivity index (χ4n) is 1.35. The number of carboxylic acids is 1. The summed E-state index contributed by atoms with van der Waals surface area (Å²) in [7, 11) is 0. The van der Waals surface area contributed by atoms with Gasteiger partial charge in [-0.25, -0.2) is 13.6 Å². The van der Waals surface area contributed by atoms with Crippen molar-refractivity contribution >= 4 is 33.6 Å². The Balaban J connectivity index is 2.53. The number of urea groups is 1. The number of amides is 2. The summed E-state index contributed by atoms with van der Waals surface area (Å²) in [6.45, 7) is 1.58. The van der Waals surface area contributed by atoms with E-state index in [9.17, 15) is 18.4 Å². The molecule has 20 heavy (non-hydrogen) atoms. The van der Waals surface area contributed by atoms with Crippen LogP contribution in [0.5, 0.6) is 0 Å². The Hall–Kier alpha value is -1.70. The number of halogens is 3. The summed E-state index contributed by atoms with van der Waals surface area (Å²) in [6.07, 6.45) is 0.216. The molecule has 0 radical (unpaired) electrons. The molecule has 0 heterocycles. The fraction of sp³-hybridized carbons (Fsp3) is 0.333. The zero-order chi connectivity index (χ0) is 15.3. The van der Waals surface area contributed by atoms with E-state index < -0.39 is 35.2 Å². The Morgan fingerprint density at radius 2 is 1.90 bits per heavy atom. The number of nitrogens with one attached hydrogen (secondary N) is 2. The average Bonchev–Trinajstić information content (AvgIpc) is 2.33. The highest BCUT2D eigenvalue weighted by Gasteiger charge is 2.14. The monoisotopic (exact) mass is 350 g/mol. The maximum absolute atomic E-state index is 13.4. The van der Waals surface area contributed by atoms with Crippen LogP contribution in [-0.2, 0) is 4.79 Å². The van der Waals surface area contributed by atoms with Gasteiger partial charge in [-0.05, 0) is 18.6 Å². The molecule has 5 nitrogen and oxygen atoms in total. The number of carbonyl (C=O) groups excluding carboxylic acids is 1. The summed E-state index contributed by atoms with van der Waals surface area (Å²) >= 11 is 2.92. The third kappa shape index (κ3) is 4.76. The van der Waals surface area contributed by atoms with Gasteiger partial charge in [0.15, 0.2) is 11.6 Å². The molecule has 1 unspecified atom stereocenters. The van der Waals surface area contributed by atoms with Crippen molar-refractivity contribution in [2.75, 3.05) is 11.9 Å². The highest BCUT2D eigenvalue weighted by molar-refractivity contribution is 9.10. The average molecular weight is 351 g/mol. The molecular formula is C12H13BrF2N2O3. The molecule has 1 aromatic carbocycles. The van der Waals surface area contributed by atoms with E-state index in [2.05, 4.69) is 21.2 Å². The van der Waals surface area contributed by atoms with Crippen molar-refractivity contribution in [3.05, 3.63) is 28.2 Å². The molecular weight excluding hydrogens is 338 g/mol. The number of aliphatic carboxylic acids is 1. The topological polar surface area (TPSA) is 78.4 Å². The van der Waals surface area contributed by atoms with Gasteiger partial charge in [-0.15, -0.1) is 0 Å². The van der Waals surface area contributed by atoms with E-state index in [1.54, 1.807) is 0 Å². The van der Waals surface area contributed by atoms with Crippen LogP contribution in [0.1, 0.15) is 13.3 Å². The highest BCUT2D eigenvalue weighted by atomic mass is 79.9. The lowest BCUT2D eigenvalue weighted by atomic mass is 10.1. The second-order valence-corrected chi connectivity index (χ2v) is 5.07. The fourth-order valence-corrected chi connectivity index (χ4v) is 1.75. The van der Waals surface area contributed by atoms with E-state index in [-0.39, 0.29) is 17.4 Å². The molecule has 0 bridgehead atoms. The first-order valence-electron chi connectivity index (χ1n) is 5.73. The first-order valence-corrected chi connectivity index (χ1v) is 6.52. The van der Waals surface area contributed by atoms with Crippen LogP contribution in [0, 0.1) is 17.6 Å². The largest absolute Gasteiger partial charge is 0.481 e. The highest BCUT2D eigenvalue weighted by Crippen LogP contribution is 2.23. The molecule has 0 aliphatic carbocycles. The maximum Gasteiger partial charge on any atom is 0.319 e. The molecule has 3 N–H and O–H groups in total. The van der Waals surface area contributed by atoms with Crippen molar-refractivity contribution in [2.45, 2.75) is 13.3 Å². The van der Waals surface area contributed by atoms with E-state index in [1.807, 2.05) is 5.32 Å². The summed E-state index contributed by atoms with van der Waals surface area (Å²) in [5.41, 5.74) is -0.558. The molecule has 0 spiro atoms. The van der Waals surface area contributed by atoms with Crippen LogP contribution >= 0.6 is 15.9 Å². The summed E-state index contributed by atoms with van der Waals surface area (Å²) < 4.78 is 27.1. The van der Waals surface area contributed by atoms with Gasteiger partial charge in [0, 0.05) is 11.0 Å². The van der Waals surface area contributed by atoms with Gasteiger partial charge in [-0.2, -0.15) is 0 Å². The summed E-state index contributed by atoms with van der Waals surface area (Å²) in [4.78, 5) is 22.0. The number of carbonyl (C=O) groups is 2. The smallest absolute Gasteiger partial charge is 0.319 e. The Morgan fingerprint density at radius 3 is 2.40 bits per heavy atom. The number of carboxylic acid groups (broad SMARTS) is 1. The predicted molar refractivity (Wildman–Crippen MR) is 72.5 cm³/mol. The zero-order valence-corrected chi connectivity index (χ0v) is 12.1. The molecule has 1 rings (SSSR count). The van der Waals surface area contributed by atoms with Gasteiger partial charge >= 0.3 is 12.0 Å². The molecule has 1 aromatic rings. The van der Waals surface area contributed by atoms with Gasteiger partial charge in [0.1, 0.15) is 5.69 Å². The minimum absolute atomic E-state index is 0.0824. The molecule has 1 atom stereocenters. The molecule has 2 amide bonds. The molecule has 0 aliphatic rings. The second kappa shape index (κ2) is 7.18. The summed E-state index contributed by atoms with van der Waals surface area (Å²) in [5.74, 6) is -3.41. The first kappa shape index (κ1) is 16.4. The van der Waals surface area contributed by atoms with Crippen molar-refractivity contribution in [3.8, 4) is 0 Å². The van der Waals surface area contributed by atoms with E-state index in [4.69, 9.17) is 5.11 Å². The molecule has 0 saturated heterocycles. The quantitative estimate of drug-likeness (QED) is 0.763. The van der Waals surface area contributed by atoms with E-state index in [0.717, 1.165) is 12.1 Å². The van der Waals surface area contributed by atoms with Crippen LogP contribution in [0.15, 0.2) is 16.6 Å². The number of hydrogen-bond acceptors (Lipinski definition) is 2. The van der Waals surface area contributed by atoms with E-state index in [1.165, 1.54) is 6.92 Å². The minimum Gasteiger partial charge on any atom is -0.481 e. The molecule has 0 aromatic heterocycles. The number of anilines is 1. The first-order chi connectivity index (χ1) is 9.31. The number of rotatable bonds is 5. The van der Waals surface area contributed by atoms with Crippen LogP contribution < -0.4 is 10.6 Å². The Labute approximate surface area is 122 Å². The number of benzene rings is 1. The van der Waals surface area contributed by atoms with Crippen molar-refractivity contribution < 1.29 is 23.5 Å². The van der Waals surface area contributed by atoms with Gasteiger partial charge in [-0.3, -0.25) is 4.79 Å². The van der Waals surface area contributed by atoms with E-state index in [0.29, 0.717) is 0 Å². The molecule has 0 saturated carbocycles. The van der Waals surface area contributed by atoms with Crippen LogP contribution in [-0.4, -0.2) is 23.7 Å². The third-order valence-corrected chi connectivity index (χ3v) is 2.99. The van der Waals surface area contributed by atoms with Crippen molar-refractivity contribution in [1.29, 1.82) is 0 Å². The van der Waals surface area contributed by atoms with Gasteiger partial charge < -0.3 is 15.7 Å². The Morgan fingerprint density at radius 1 is 1.35 bits per heavy atom. The number of hydrogen-bond donors (Lipinski definition) is 3. The van der Waals surface area contributed by atoms with Crippen molar-refractivity contribution in [2.24, 2.45) is 5.92 Å². The summed E-state index contributed by atoms with van der Waals surface area (Å²) in [5, 5.41) is 13.0. The van der Waals surface area contributed by atoms with Gasteiger partial charge in [-0.1, -0.05) is 22.9 Å².